The molecule has 0 heterocycles. The number of hydrogen-bond acceptors (Lipinski definition) is 1. The number of alkyl halides is 3. The topological polar surface area (TPSA) is 76.8 Å². The molecule has 0 fully saturated rings. The van der Waals surface area contributed by atoms with E-state index in [0.717, 1.165) is 24.3 Å². The molecule has 0 spiro atoms. The van der Waals surface area contributed by atoms with E-state index in [-0.39, 0.29) is 22.9 Å². The van der Waals surface area contributed by atoms with Crippen LogP contribution in [-0.2, 0) is 37.5 Å². The van der Waals surface area contributed by atoms with Crippen molar-refractivity contribution in [2.24, 2.45) is 0 Å². The van der Waals surface area contributed by atoms with Gasteiger partial charge in [0.05, 0.1) is 5.56 Å². The molecule has 0 aliphatic heterocycles. The summed E-state index contributed by atoms with van der Waals surface area (Å²) in [6.07, 6.45) is -3.83. The monoisotopic (exact) mass is 310 g/mol. The normalized spacial score (nSPS) is 7.42. The second kappa shape index (κ2) is 16.4. The maximum atomic E-state index is 11.9. The van der Waals surface area contributed by atoms with E-state index in [1.807, 2.05) is 0 Å². The van der Waals surface area contributed by atoms with Crippen LogP contribution in [0.15, 0.2) is 24.3 Å². The van der Waals surface area contributed by atoms with Gasteiger partial charge < -0.3 is 0 Å². The first-order valence-electron chi connectivity index (χ1n) is 3.78. The van der Waals surface area contributed by atoms with Crippen LogP contribution in [-0.4, -0.2) is 6.29 Å². The minimum atomic E-state index is -4.33. The number of halogens is 3. The van der Waals surface area contributed by atoms with Gasteiger partial charge in [-0.1, -0.05) is 12.1 Å². The first-order chi connectivity index (χ1) is 8.54. The summed E-state index contributed by atoms with van der Waals surface area (Å²) in [5.41, 5.74) is -0.504. The van der Waals surface area contributed by atoms with E-state index in [4.69, 9.17) is 14.0 Å². The maximum absolute atomic E-state index is 11.9. The number of benzene rings is 1. The van der Waals surface area contributed by atoms with Crippen molar-refractivity contribution in [2.75, 3.05) is 0 Å². The van der Waals surface area contributed by atoms with Gasteiger partial charge in [0.1, 0.15) is 6.29 Å². The minimum Gasteiger partial charge on any atom is 0 e. The zero-order valence-electron chi connectivity index (χ0n) is 9.06. The first-order valence-corrected chi connectivity index (χ1v) is 3.78. The third-order valence-electron chi connectivity index (χ3n) is 1.37. The Morgan fingerprint density at radius 2 is 1.21 bits per heavy atom. The average molecular weight is 310 g/mol. The molecule has 0 aromatic heterocycles. The summed E-state index contributed by atoms with van der Waals surface area (Å²) in [6.45, 7) is 13.5. The number of rotatable bonds is 1. The Bertz CT molecular complexity index is 379. The van der Waals surface area contributed by atoms with Crippen molar-refractivity contribution in [1.29, 1.82) is 0 Å². The molecule has 0 aliphatic rings. The van der Waals surface area contributed by atoms with E-state index in [1.54, 1.807) is 0 Å². The quantitative estimate of drug-likeness (QED) is 0.446. The van der Waals surface area contributed by atoms with Crippen LogP contribution in [0.1, 0.15) is 15.9 Å². The van der Waals surface area contributed by atoms with Gasteiger partial charge in [-0.15, -0.1) is 0 Å². The van der Waals surface area contributed by atoms with E-state index in [9.17, 15) is 18.0 Å². The summed E-state index contributed by atoms with van der Waals surface area (Å²) < 4.78 is 58.3. The van der Waals surface area contributed by atoms with Crippen LogP contribution in [0, 0.1) is 20.0 Å². The molecule has 0 unspecified atom stereocenters. The molecule has 1 aromatic carbocycles. The van der Waals surface area contributed by atoms with Crippen LogP contribution in [0.4, 0.5) is 13.2 Å². The smallest absolute Gasteiger partial charge is 0 e. The van der Waals surface area contributed by atoms with E-state index >= 15 is 0 Å². The van der Waals surface area contributed by atoms with Gasteiger partial charge in [-0.3, -0.25) is 4.79 Å². The average Bonchev–Trinajstić information content (AvgIpc) is 2.44. The Labute approximate surface area is 117 Å². The van der Waals surface area contributed by atoms with Crippen LogP contribution in [0.25, 0.3) is 0 Å². The Morgan fingerprint density at radius 3 is 1.42 bits per heavy atom. The fourth-order valence-corrected chi connectivity index (χ4v) is 0.751. The first kappa shape index (κ1) is 26.1. The molecule has 8 heteroatoms. The van der Waals surface area contributed by atoms with Crippen molar-refractivity contribution >= 4 is 6.29 Å². The van der Waals surface area contributed by atoms with Crippen molar-refractivity contribution in [3.8, 4) is 0 Å². The van der Waals surface area contributed by atoms with Gasteiger partial charge in [0, 0.05) is 22.9 Å². The summed E-state index contributed by atoms with van der Waals surface area (Å²) in [5.74, 6) is 0. The van der Waals surface area contributed by atoms with Crippen molar-refractivity contribution in [3.63, 3.8) is 0 Å². The number of hydrogen-bond donors (Lipinski definition) is 0. The van der Waals surface area contributed by atoms with Gasteiger partial charge in [-0.25, -0.2) is 0 Å². The Morgan fingerprint density at radius 1 is 0.895 bits per heavy atom. The van der Waals surface area contributed by atoms with Gasteiger partial charge in [-0.05, 0) is 12.1 Å². The van der Waals surface area contributed by atoms with E-state index < -0.39 is 11.7 Å². The van der Waals surface area contributed by atoms with Crippen LogP contribution in [0.2, 0.25) is 0 Å². The minimum absolute atomic E-state index is 0. The molecule has 0 atom stereocenters. The van der Waals surface area contributed by atoms with Crippen molar-refractivity contribution < 1.29 is 49.3 Å². The second-order valence-corrected chi connectivity index (χ2v) is 2.24. The van der Waals surface area contributed by atoms with Crippen LogP contribution < -0.4 is 0 Å². The van der Waals surface area contributed by atoms with Gasteiger partial charge >= 0.3 is 40.1 Å². The molecule has 19 heavy (non-hydrogen) atoms. The molecule has 0 bridgehead atoms. The van der Waals surface area contributed by atoms with Crippen LogP contribution >= 0.6 is 0 Å². The summed E-state index contributed by atoms with van der Waals surface area (Å²) in [4.78, 5) is 10.1. The fourth-order valence-electron chi connectivity index (χ4n) is 0.751. The zero-order chi connectivity index (χ0) is 15.2. The largest absolute Gasteiger partial charge is 0 e. The van der Waals surface area contributed by atoms with E-state index in [2.05, 4.69) is 20.0 Å². The standard InChI is InChI=1S/C8H5F3O.3CO.Cr/c9-8(10,11)7-3-1-6(5-12)2-4-7;3*1-2;/h1-5H;;;;. The van der Waals surface area contributed by atoms with Crippen molar-refractivity contribution in [3.05, 3.63) is 55.3 Å². The zero-order valence-corrected chi connectivity index (χ0v) is 10.3. The molecular weight excluding hydrogens is 305 g/mol. The predicted molar refractivity (Wildman–Crippen MR) is 48.6 cm³/mol. The predicted octanol–water partition coefficient (Wildman–Crippen LogP) is 2.40. The van der Waals surface area contributed by atoms with Crippen molar-refractivity contribution in [1.82, 2.24) is 0 Å². The van der Waals surface area contributed by atoms with Crippen LogP contribution in [0.5, 0.6) is 0 Å². The molecule has 1 rings (SSSR count). The molecule has 1 aromatic rings. The molecule has 0 amide bonds. The Balaban J connectivity index is -0.000000142. The third kappa shape index (κ3) is 12.7. The molecule has 0 aliphatic carbocycles. The van der Waals surface area contributed by atoms with Crippen LogP contribution in [0.3, 0.4) is 0 Å². The van der Waals surface area contributed by atoms with E-state index in [0.29, 0.717) is 6.29 Å². The van der Waals surface area contributed by atoms with Gasteiger partial charge in [0.15, 0.2) is 0 Å². The number of carbonyl (C=O) groups is 1. The fraction of sp³-hybridized carbons (Fsp3) is 0.0909. The third-order valence-corrected chi connectivity index (χ3v) is 1.37. The van der Waals surface area contributed by atoms with Crippen molar-refractivity contribution in [2.45, 2.75) is 6.18 Å². The molecule has 0 saturated heterocycles. The van der Waals surface area contributed by atoms with Gasteiger partial charge in [-0.2, -0.15) is 13.2 Å². The molecule has 4 nitrogen and oxygen atoms in total. The summed E-state index contributed by atoms with van der Waals surface area (Å²) in [6, 6.07) is 4.03. The summed E-state index contributed by atoms with van der Waals surface area (Å²) in [5, 5.41) is 0. The van der Waals surface area contributed by atoms with E-state index in [1.165, 1.54) is 0 Å². The molecular formula is C11H5CrF3O4. The molecule has 0 N–H and O–H groups in total. The Hall–Kier alpha value is -1.57. The molecule has 0 saturated carbocycles. The van der Waals surface area contributed by atoms with Gasteiger partial charge in [0.2, 0.25) is 0 Å². The second-order valence-electron chi connectivity index (χ2n) is 2.24. The number of carbonyl (C=O) groups excluding carboxylic acids is 1. The summed E-state index contributed by atoms with van der Waals surface area (Å²) >= 11 is 0. The molecule has 100 valence electrons. The Kier molecular flexibility index (Phi) is 22.6. The number of aldehydes is 1. The molecule has 0 radical (unpaired) electrons. The maximum Gasteiger partial charge on any atom is 0 e. The summed E-state index contributed by atoms with van der Waals surface area (Å²) in [7, 11) is 0. The SMILES string of the molecule is O=Cc1ccc(C(F)(F)F)cc1.[C-]#[O+].[C-]#[O+].[C-]#[O+].[Cr]. The van der Waals surface area contributed by atoms with Gasteiger partial charge in [0.25, 0.3) is 0 Å².